The number of ether oxygens (including phenoxy) is 2. The fourth-order valence-corrected chi connectivity index (χ4v) is 2.69. The summed E-state index contributed by atoms with van der Waals surface area (Å²) in [7, 11) is 3.19. The highest BCUT2D eigenvalue weighted by atomic mass is 32.1. The molecule has 0 radical (unpaired) electrons. The molecular formula is C15H19N3O3S. The van der Waals surface area contributed by atoms with Gasteiger partial charge >= 0.3 is 0 Å². The number of hydrogen-bond acceptors (Lipinski definition) is 6. The van der Waals surface area contributed by atoms with Crippen molar-refractivity contribution in [1.29, 1.82) is 0 Å². The van der Waals surface area contributed by atoms with E-state index in [4.69, 9.17) is 15.2 Å². The van der Waals surface area contributed by atoms with E-state index >= 15 is 0 Å². The molecule has 7 heteroatoms. The van der Waals surface area contributed by atoms with E-state index in [1.807, 2.05) is 25.1 Å². The third-order valence-corrected chi connectivity index (χ3v) is 4.08. The Balaban J connectivity index is 2.17. The van der Waals surface area contributed by atoms with E-state index in [2.05, 4.69) is 10.3 Å². The third-order valence-electron chi connectivity index (χ3n) is 3.21. The molecule has 22 heavy (non-hydrogen) atoms. The number of rotatable bonds is 6. The number of nitrogens with one attached hydrogen (secondary N) is 1. The quantitative estimate of drug-likeness (QED) is 0.851. The molecule has 2 aromatic rings. The lowest BCUT2D eigenvalue weighted by Gasteiger charge is -2.17. The van der Waals surface area contributed by atoms with Gasteiger partial charge in [-0.2, -0.15) is 0 Å². The van der Waals surface area contributed by atoms with Crippen LogP contribution >= 0.6 is 11.3 Å². The summed E-state index contributed by atoms with van der Waals surface area (Å²) in [6, 6.07) is 5.22. The normalized spacial score (nSPS) is 11.8. The van der Waals surface area contributed by atoms with E-state index in [1.165, 1.54) is 11.3 Å². The molecule has 6 nitrogen and oxygen atoms in total. The van der Waals surface area contributed by atoms with Gasteiger partial charge in [-0.25, -0.2) is 4.98 Å². The first-order valence-electron chi connectivity index (χ1n) is 6.76. The summed E-state index contributed by atoms with van der Waals surface area (Å²) in [5, 5.41) is 5.34. The van der Waals surface area contributed by atoms with Crippen LogP contribution in [0.5, 0.6) is 11.5 Å². The van der Waals surface area contributed by atoms with E-state index < -0.39 is 0 Å². The zero-order valence-electron chi connectivity index (χ0n) is 12.8. The maximum absolute atomic E-state index is 12.2. The largest absolute Gasteiger partial charge is 0.497 e. The summed E-state index contributed by atoms with van der Waals surface area (Å²) in [6.07, 6.45) is 0. The van der Waals surface area contributed by atoms with E-state index in [9.17, 15) is 4.79 Å². The molecule has 0 spiro atoms. The lowest BCUT2D eigenvalue weighted by Crippen LogP contribution is -2.27. The van der Waals surface area contributed by atoms with E-state index in [-0.39, 0.29) is 11.9 Å². The highest BCUT2D eigenvalue weighted by Crippen LogP contribution is 2.29. The van der Waals surface area contributed by atoms with Crippen LogP contribution in [-0.2, 0) is 6.54 Å². The van der Waals surface area contributed by atoms with Crippen molar-refractivity contribution in [1.82, 2.24) is 10.3 Å². The second-order valence-electron chi connectivity index (χ2n) is 4.63. The highest BCUT2D eigenvalue weighted by Gasteiger charge is 2.17. The number of methoxy groups -OCH3 is 2. The Morgan fingerprint density at radius 2 is 2.18 bits per heavy atom. The lowest BCUT2D eigenvalue weighted by molar-refractivity contribution is 0.0935. The number of nitrogens with two attached hydrogens (primary N) is 1. The van der Waals surface area contributed by atoms with Crippen LogP contribution < -0.4 is 20.5 Å². The first-order chi connectivity index (χ1) is 10.6. The van der Waals surface area contributed by atoms with Gasteiger partial charge in [0.25, 0.3) is 5.91 Å². The summed E-state index contributed by atoms with van der Waals surface area (Å²) >= 11 is 1.37. The van der Waals surface area contributed by atoms with Gasteiger partial charge in [-0.15, -0.1) is 11.3 Å². The van der Waals surface area contributed by atoms with Crippen molar-refractivity contribution >= 4 is 17.2 Å². The highest BCUT2D eigenvalue weighted by molar-refractivity contribution is 7.09. The van der Waals surface area contributed by atoms with E-state index in [0.717, 1.165) is 10.6 Å². The van der Waals surface area contributed by atoms with Gasteiger partial charge in [-0.3, -0.25) is 4.79 Å². The SMILES string of the molecule is COc1ccc(OC)c(C(C)NC(=O)c2csc(CN)n2)c1. The van der Waals surface area contributed by atoms with E-state index in [0.29, 0.717) is 23.7 Å². The predicted octanol–water partition coefficient (Wildman–Crippen LogP) is 2.11. The average Bonchev–Trinajstić information content (AvgIpc) is 3.03. The molecule has 0 bridgehead atoms. The molecule has 1 aromatic heterocycles. The number of aromatic nitrogens is 1. The molecule has 0 aliphatic carbocycles. The van der Waals surface area contributed by atoms with E-state index in [1.54, 1.807) is 19.6 Å². The van der Waals surface area contributed by atoms with Crippen LogP contribution in [0.4, 0.5) is 0 Å². The van der Waals surface area contributed by atoms with Gasteiger partial charge in [0.1, 0.15) is 22.2 Å². The fraction of sp³-hybridized carbons (Fsp3) is 0.333. The predicted molar refractivity (Wildman–Crippen MR) is 85.4 cm³/mol. The first kappa shape index (κ1) is 16.3. The van der Waals surface area contributed by atoms with Crippen molar-refractivity contribution in [2.24, 2.45) is 5.73 Å². The minimum atomic E-state index is -0.249. The Labute approximate surface area is 133 Å². The number of benzene rings is 1. The Kier molecular flexibility index (Phi) is 5.35. The molecule has 118 valence electrons. The Hall–Kier alpha value is -2.12. The van der Waals surface area contributed by atoms with Gasteiger partial charge in [0.05, 0.1) is 20.3 Å². The minimum Gasteiger partial charge on any atom is -0.497 e. The number of hydrogen-bond donors (Lipinski definition) is 2. The summed E-state index contributed by atoms with van der Waals surface area (Å²) in [6.45, 7) is 2.21. The molecule has 0 aliphatic rings. The van der Waals surface area contributed by atoms with Gasteiger partial charge in [0.15, 0.2) is 0 Å². The molecule has 1 heterocycles. The standard InChI is InChI=1S/C15H19N3O3S/c1-9(11-6-10(20-2)4-5-13(11)21-3)17-15(19)12-8-22-14(7-16)18-12/h4-6,8-9H,7,16H2,1-3H3,(H,17,19). The van der Waals surface area contributed by atoms with Gasteiger partial charge in [0, 0.05) is 17.5 Å². The third kappa shape index (κ3) is 3.55. The molecule has 1 amide bonds. The molecule has 1 unspecified atom stereocenters. The summed E-state index contributed by atoms with van der Waals surface area (Å²) in [5.41, 5.74) is 6.72. The molecular weight excluding hydrogens is 302 g/mol. The smallest absolute Gasteiger partial charge is 0.271 e. The number of amides is 1. The van der Waals surface area contributed by atoms with Crippen molar-refractivity contribution in [3.8, 4) is 11.5 Å². The molecule has 0 saturated carbocycles. The van der Waals surface area contributed by atoms with Crippen molar-refractivity contribution in [3.63, 3.8) is 0 Å². The Bertz CT molecular complexity index is 657. The zero-order valence-corrected chi connectivity index (χ0v) is 13.6. The van der Waals surface area contributed by atoms with Crippen LogP contribution in [-0.4, -0.2) is 25.1 Å². The molecule has 0 aliphatic heterocycles. The monoisotopic (exact) mass is 321 g/mol. The van der Waals surface area contributed by atoms with Crippen molar-refractivity contribution in [2.45, 2.75) is 19.5 Å². The Morgan fingerprint density at radius 1 is 1.41 bits per heavy atom. The van der Waals surface area contributed by atoms with Gasteiger partial charge < -0.3 is 20.5 Å². The minimum absolute atomic E-state index is 0.242. The van der Waals surface area contributed by atoms with Crippen LogP contribution in [0.2, 0.25) is 0 Å². The van der Waals surface area contributed by atoms with Gasteiger partial charge in [0.2, 0.25) is 0 Å². The molecule has 1 atom stereocenters. The van der Waals surface area contributed by atoms with Crippen LogP contribution in [0.15, 0.2) is 23.6 Å². The average molecular weight is 321 g/mol. The van der Waals surface area contributed by atoms with Gasteiger partial charge in [-0.1, -0.05) is 0 Å². The second-order valence-corrected chi connectivity index (χ2v) is 5.58. The van der Waals surface area contributed by atoms with Crippen LogP contribution in [0, 0.1) is 0 Å². The topological polar surface area (TPSA) is 86.5 Å². The zero-order chi connectivity index (χ0) is 16.1. The van der Waals surface area contributed by atoms with Crippen LogP contribution in [0.3, 0.4) is 0 Å². The second kappa shape index (κ2) is 7.24. The maximum Gasteiger partial charge on any atom is 0.271 e. The molecule has 2 rings (SSSR count). The first-order valence-corrected chi connectivity index (χ1v) is 7.64. The summed E-state index contributed by atoms with van der Waals surface area (Å²) in [4.78, 5) is 16.4. The number of thiazole rings is 1. The van der Waals surface area contributed by atoms with Crippen molar-refractivity contribution in [2.75, 3.05) is 14.2 Å². The van der Waals surface area contributed by atoms with Crippen LogP contribution in [0.25, 0.3) is 0 Å². The van der Waals surface area contributed by atoms with Crippen molar-refractivity contribution < 1.29 is 14.3 Å². The summed E-state index contributed by atoms with van der Waals surface area (Å²) < 4.78 is 10.6. The molecule has 3 N–H and O–H groups in total. The maximum atomic E-state index is 12.2. The Morgan fingerprint density at radius 3 is 2.77 bits per heavy atom. The lowest BCUT2D eigenvalue weighted by atomic mass is 10.1. The number of carbonyl (C=O) groups excluding carboxylic acids is 1. The summed E-state index contributed by atoms with van der Waals surface area (Å²) in [5.74, 6) is 1.15. The number of carbonyl (C=O) groups is 1. The van der Waals surface area contributed by atoms with Crippen LogP contribution in [0.1, 0.15) is 34.0 Å². The van der Waals surface area contributed by atoms with Gasteiger partial charge in [-0.05, 0) is 25.1 Å². The number of nitrogens with zero attached hydrogens (tertiary/aromatic N) is 1. The van der Waals surface area contributed by atoms with Crippen molar-refractivity contribution in [3.05, 3.63) is 39.8 Å². The molecule has 0 saturated heterocycles. The fourth-order valence-electron chi connectivity index (χ4n) is 2.04. The molecule has 0 fully saturated rings. The molecule has 1 aromatic carbocycles.